The van der Waals surface area contributed by atoms with Gasteiger partial charge < -0.3 is 4.74 Å². The van der Waals surface area contributed by atoms with Crippen LogP contribution in [-0.4, -0.2) is 35.1 Å². The van der Waals surface area contributed by atoms with Crippen LogP contribution in [0.25, 0.3) is 0 Å². The summed E-state index contributed by atoms with van der Waals surface area (Å²) in [6.45, 7) is 1.44. The molecule has 34 heavy (non-hydrogen) atoms. The van der Waals surface area contributed by atoms with E-state index in [1.807, 2.05) is 6.92 Å². The van der Waals surface area contributed by atoms with E-state index in [2.05, 4.69) is 6.08 Å². The number of carbonyl (C=O) groups is 4. The first-order valence-electron chi connectivity index (χ1n) is 10.9. The van der Waals surface area contributed by atoms with Gasteiger partial charge in [0.15, 0.2) is 12.4 Å². The van der Waals surface area contributed by atoms with Gasteiger partial charge in [0.05, 0.1) is 28.0 Å². The van der Waals surface area contributed by atoms with Crippen molar-refractivity contribution >= 4 is 34.9 Å². The van der Waals surface area contributed by atoms with E-state index >= 15 is 0 Å². The number of hydrogen-bond donors (Lipinski definition) is 0. The van der Waals surface area contributed by atoms with E-state index in [4.69, 9.17) is 4.74 Å². The number of nitro benzene ring substituents is 1. The number of non-ortho nitro benzene ring substituents is 1. The van der Waals surface area contributed by atoms with Gasteiger partial charge in [-0.2, -0.15) is 0 Å². The molecular weight excluding hydrogens is 440 g/mol. The Morgan fingerprint density at radius 1 is 1.06 bits per heavy atom. The van der Waals surface area contributed by atoms with Crippen molar-refractivity contribution in [2.45, 2.75) is 13.3 Å². The Morgan fingerprint density at radius 3 is 2.47 bits per heavy atom. The lowest BCUT2D eigenvalue weighted by Crippen LogP contribution is -2.33. The van der Waals surface area contributed by atoms with Crippen LogP contribution in [0.3, 0.4) is 0 Å². The van der Waals surface area contributed by atoms with Gasteiger partial charge in [-0.15, -0.1) is 0 Å². The number of nitrogens with zero attached hydrogens (tertiary/aromatic N) is 2. The van der Waals surface area contributed by atoms with Crippen molar-refractivity contribution in [1.82, 2.24) is 0 Å². The Bertz CT molecular complexity index is 1280. The largest absolute Gasteiger partial charge is 0.454 e. The molecule has 2 bridgehead atoms. The van der Waals surface area contributed by atoms with Gasteiger partial charge in [0.25, 0.3) is 5.69 Å². The van der Waals surface area contributed by atoms with Crippen LogP contribution in [0.1, 0.15) is 34.1 Å². The quantitative estimate of drug-likeness (QED) is 0.162. The maximum atomic E-state index is 13.1. The summed E-state index contributed by atoms with van der Waals surface area (Å²) >= 11 is 0. The number of anilines is 1. The van der Waals surface area contributed by atoms with Gasteiger partial charge in [-0.05, 0) is 55.5 Å². The molecule has 0 unspecified atom stereocenters. The number of Topliss-reactive ketones (excluding diaryl/α,β-unsaturated/α-hetero) is 1. The third-order valence-corrected chi connectivity index (χ3v) is 6.96. The number of ether oxygens (including phenoxy) is 1. The van der Waals surface area contributed by atoms with E-state index in [1.165, 1.54) is 41.3 Å². The lowest BCUT2D eigenvalue weighted by molar-refractivity contribution is -0.384. The van der Waals surface area contributed by atoms with Crippen LogP contribution in [0.5, 0.6) is 0 Å². The number of imide groups is 1. The lowest BCUT2D eigenvalue weighted by atomic mass is 9.82. The molecule has 0 spiro atoms. The topological polar surface area (TPSA) is 124 Å². The maximum Gasteiger partial charge on any atom is 0.338 e. The number of fused-ring (bicyclic) bond motifs is 5. The van der Waals surface area contributed by atoms with E-state index in [-0.39, 0.29) is 52.3 Å². The van der Waals surface area contributed by atoms with Crippen LogP contribution in [-0.2, 0) is 14.3 Å². The van der Waals surface area contributed by atoms with Crippen LogP contribution in [0.2, 0.25) is 0 Å². The second-order valence-electron chi connectivity index (χ2n) is 8.83. The van der Waals surface area contributed by atoms with Gasteiger partial charge in [0, 0.05) is 17.7 Å². The standard InChI is InChI=1S/C25H20N2O7/c1-13-9-16-11-19(13)22-21(16)23(29)26(24(22)30)18-4-2-3-15(10-18)25(31)34-12-20(28)14-5-7-17(8-6-14)27(32)33/h2-10,16,19,21-22H,11-12H2,1H3/t16-,19+,21+,22+/m0/s1. The zero-order valence-electron chi connectivity index (χ0n) is 18.2. The average Bonchev–Trinajstić information content (AvgIpc) is 3.47. The molecule has 9 heteroatoms. The number of esters is 1. The first-order chi connectivity index (χ1) is 16.3. The van der Waals surface area contributed by atoms with Crippen molar-refractivity contribution in [2.75, 3.05) is 11.5 Å². The van der Waals surface area contributed by atoms with E-state index in [0.29, 0.717) is 5.69 Å². The number of ketones is 1. The molecule has 1 saturated carbocycles. The zero-order chi connectivity index (χ0) is 24.1. The fourth-order valence-electron chi connectivity index (χ4n) is 5.37. The molecule has 2 aliphatic carbocycles. The van der Waals surface area contributed by atoms with Crippen molar-refractivity contribution in [3.63, 3.8) is 0 Å². The Hall–Kier alpha value is -4.14. The summed E-state index contributed by atoms with van der Waals surface area (Å²) in [7, 11) is 0. The van der Waals surface area contributed by atoms with Crippen LogP contribution in [0.15, 0.2) is 60.2 Å². The molecule has 172 valence electrons. The Balaban J connectivity index is 1.28. The van der Waals surface area contributed by atoms with Crippen molar-refractivity contribution in [1.29, 1.82) is 0 Å². The molecule has 1 heterocycles. The van der Waals surface area contributed by atoms with Gasteiger partial charge >= 0.3 is 5.97 Å². The fraction of sp³-hybridized carbons (Fsp3) is 0.280. The summed E-state index contributed by atoms with van der Waals surface area (Å²) in [5.41, 5.74) is 1.58. The minimum absolute atomic E-state index is 0.0787. The average molecular weight is 460 g/mol. The van der Waals surface area contributed by atoms with Gasteiger partial charge in [-0.1, -0.05) is 17.7 Å². The van der Waals surface area contributed by atoms with E-state index in [0.717, 1.165) is 12.0 Å². The molecule has 2 aromatic carbocycles. The Morgan fingerprint density at radius 2 is 1.76 bits per heavy atom. The van der Waals surface area contributed by atoms with Gasteiger partial charge in [-0.25, -0.2) is 9.69 Å². The first-order valence-corrected chi connectivity index (χ1v) is 10.9. The van der Waals surface area contributed by atoms with Crippen LogP contribution >= 0.6 is 0 Å². The fourth-order valence-corrected chi connectivity index (χ4v) is 5.37. The second kappa shape index (κ2) is 8.02. The predicted octanol–water partition coefficient (Wildman–Crippen LogP) is 3.34. The van der Waals surface area contributed by atoms with Crippen molar-refractivity contribution < 1.29 is 28.8 Å². The molecule has 0 radical (unpaired) electrons. The molecule has 0 N–H and O–H groups in total. The number of rotatable bonds is 6. The summed E-state index contributed by atoms with van der Waals surface area (Å²) in [4.78, 5) is 62.4. The highest BCUT2D eigenvalue weighted by Gasteiger charge is 2.60. The molecule has 3 aliphatic rings. The molecule has 5 rings (SSSR count). The Labute approximate surface area is 194 Å². The lowest BCUT2D eigenvalue weighted by Gasteiger charge is -2.19. The molecule has 0 aromatic heterocycles. The summed E-state index contributed by atoms with van der Waals surface area (Å²) in [5, 5.41) is 10.7. The summed E-state index contributed by atoms with van der Waals surface area (Å²) in [6.07, 6.45) is 2.93. The third-order valence-electron chi connectivity index (χ3n) is 6.96. The van der Waals surface area contributed by atoms with E-state index in [9.17, 15) is 29.3 Å². The summed E-state index contributed by atoms with van der Waals surface area (Å²) in [5.74, 6) is -2.32. The molecule has 1 aliphatic heterocycles. The molecule has 2 aromatic rings. The molecule has 4 atom stereocenters. The molecule has 2 amide bonds. The second-order valence-corrected chi connectivity index (χ2v) is 8.83. The molecular formula is C25H20N2O7. The van der Waals surface area contributed by atoms with Gasteiger partial charge in [0.2, 0.25) is 11.8 Å². The highest BCUT2D eigenvalue weighted by atomic mass is 16.6. The zero-order valence-corrected chi connectivity index (χ0v) is 18.2. The maximum absolute atomic E-state index is 13.1. The summed E-state index contributed by atoms with van der Waals surface area (Å²) in [6, 6.07) is 11.0. The molecule has 1 saturated heterocycles. The minimum Gasteiger partial charge on any atom is -0.454 e. The predicted molar refractivity (Wildman–Crippen MR) is 119 cm³/mol. The monoisotopic (exact) mass is 460 g/mol. The number of nitro groups is 1. The van der Waals surface area contributed by atoms with E-state index in [1.54, 1.807) is 12.1 Å². The van der Waals surface area contributed by atoms with E-state index < -0.39 is 23.3 Å². The van der Waals surface area contributed by atoms with Crippen LogP contribution in [0, 0.1) is 33.8 Å². The number of benzene rings is 2. The number of amides is 2. The minimum atomic E-state index is -0.783. The highest BCUT2D eigenvalue weighted by Crippen LogP contribution is 2.55. The number of hydrogen-bond acceptors (Lipinski definition) is 7. The Kier molecular flexibility index (Phi) is 5.11. The molecule has 2 fully saturated rings. The van der Waals surface area contributed by atoms with Gasteiger partial charge in [-0.3, -0.25) is 24.5 Å². The van der Waals surface area contributed by atoms with Crippen molar-refractivity contribution in [3.8, 4) is 0 Å². The van der Waals surface area contributed by atoms with Crippen LogP contribution < -0.4 is 4.90 Å². The SMILES string of the molecule is CC1=C[C@H]2C[C@H]1[C@H]1C(=O)N(c3cccc(C(=O)OCC(=O)c4ccc([N+](=O)[O-])cc4)c3)C(=O)[C@@H]12. The van der Waals surface area contributed by atoms with Crippen LogP contribution in [0.4, 0.5) is 11.4 Å². The van der Waals surface area contributed by atoms with Gasteiger partial charge in [0.1, 0.15) is 0 Å². The van der Waals surface area contributed by atoms with Crippen molar-refractivity contribution in [2.24, 2.45) is 23.7 Å². The highest BCUT2D eigenvalue weighted by molar-refractivity contribution is 6.23. The summed E-state index contributed by atoms with van der Waals surface area (Å²) < 4.78 is 5.11. The first kappa shape index (κ1) is 21.7. The normalized spacial score (nSPS) is 24.7. The smallest absolute Gasteiger partial charge is 0.338 e. The number of carbonyl (C=O) groups excluding carboxylic acids is 4. The molecule has 9 nitrogen and oxygen atoms in total. The third kappa shape index (κ3) is 3.40. The van der Waals surface area contributed by atoms with Crippen molar-refractivity contribution in [3.05, 3.63) is 81.4 Å². The number of allylic oxidation sites excluding steroid dienone is 2.